The number of nitrogens with one attached hydrogen (secondary N) is 3. The van der Waals surface area contributed by atoms with Crippen LogP contribution in [0.5, 0.6) is 0 Å². The first kappa shape index (κ1) is 23.8. The second-order valence-electron chi connectivity index (χ2n) is 7.06. The first-order valence-corrected chi connectivity index (χ1v) is 10.5. The summed E-state index contributed by atoms with van der Waals surface area (Å²) >= 11 is 0. The molecule has 0 aliphatic heterocycles. The van der Waals surface area contributed by atoms with Gasteiger partial charge in [-0.1, -0.05) is 31.0 Å². The molecule has 168 valence electrons. The Hall–Kier alpha value is -3.43. The van der Waals surface area contributed by atoms with Gasteiger partial charge in [-0.05, 0) is 37.8 Å². The SMILES string of the molecule is O=C(O)CCCCCNc1nc(NCCCCCC(=O)O)nc(Nc2ccccc2)n1. The average molecular weight is 431 g/mol. The number of rotatable bonds is 16. The van der Waals surface area contributed by atoms with Crippen LogP contribution in [0.15, 0.2) is 30.3 Å². The zero-order valence-electron chi connectivity index (χ0n) is 17.5. The van der Waals surface area contributed by atoms with E-state index in [1.807, 2.05) is 30.3 Å². The Kier molecular flexibility index (Phi) is 10.6. The quantitative estimate of drug-likeness (QED) is 0.249. The average Bonchev–Trinajstić information content (AvgIpc) is 2.73. The molecule has 0 saturated heterocycles. The highest BCUT2D eigenvalue weighted by Gasteiger charge is 2.07. The van der Waals surface area contributed by atoms with Crippen molar-refractivity contribution in [1.82, 2.24) is 15.0 Å². The van der Waals surface area contributed by atoms with E-state index < -0.39 is 11.9 Å². The van der Waals surface area contributed by atoms with Gasteiger partial charge in [0.2, 0.25) is 17.8 Å². The molecule has 0 unspecified atom stereocenters. The zero-order valence-corrected chi connectivity index (χ0v) is 17.5. The summed E-state index contributed by atoms with van der Waals surface area (Å²) in [6.07, 6.45) is 4.88. The Bertz CT molecular complexity index is 775. The predicted molar refractivity (Wildman–Crippen MR) is 119 cm³/mol. The van der Waals surface area contributed by atoms with Crippen LogP contribution in [0.2, 0.25) is 0 Å². The number of carboxylic acid groups (broad SMARTS) is 2. The highest BCUT2D eigenvalue weighted by molar-refractivity contribution is 5.66. The lowest BCUT2D eigenvalue weighted by molar-refractivity contribution is -0.138. The van der Waals surface area contributed by atoms with Crippen LogP contribution in [-0.4, -0.2) is 50.2 Å². The standard InChI is InChI=1S/C21H30N6O4/c28-17(29)12-6-2-8-14-22-19-25-20(23-15-9-3-7-13-18(30)31)27-21(26-19)24-16-10-4-1-5-11-16/h1,4-5,10-11H,2-3,6-9,12-15H2,(H,28,29)(H,30,31)(H3,22,23,24,25,26,27). The van der Waals surface area contributed by atoms with E-state index in [0.717, 1.165) is 31.4 Å². The third-order valence-corrected chi connectivity index (χ3v) is 4.37. The molecule has 2 rings (SSSR count). The van der Waals surface area contributed by atoms with Crippen molar-refractivity contribution in [3.8, 4) is 0 Å². The van der Waals surface area contributed by atoms with Gasteiger partial charge in [0.1, 0.15) is 0 Å². The molecule has 10 heteroatoms. The highest BCUT2D eigenvalue weighted by atomic mass is 16.4. The zero-order chi connectivity index (χ0) is 22.3. The van der Waals surface area contributed by atoms with E-state index in [9.17, 15) is 9.59 Å². The first-order chi connectivity index (χ1) is 15.0. The summed E-state index contributed by atoms with van der Waals surface area (Å²) in [5.41, 5.74) is 0.855. The maximum Gasteiger partial charge on any atom is 0.303 e. The van der Waals surface area contributed by atoms with Crippen LogP contribution in [0.25, 0.3) is 0 Å². The smallest absolute Gasteiger partial charge is 0.303 e. The Morgan fingerprint density at radius 3 is 1.65 bits per heavy atom. The second kappa shape index (κ2) is 13.7. The fourth-order valence-corrected chi connectivity index (χ4v) is 2.80. The van der Waals surface area contributed by atoms with Crippen molar-refractivity contribution in [3.05, 3.63) is 30.3 Å². The third kappa shape index (κ3) is 10.8. The van der Waals surface area contributed by atoms with Gasteiger partial charge in [0, 0.05) is 31.6 Å². The summed E-state index contributed by atoms with van der Waals surface area (Å²) in [6, 6.07) is 9.57. The van der Waals surface area contributed by atoms with Gasteiger partial charge in [-0.2, -0.15) is 15.0 Å². The van der Waals surface area contributed by atoms with E-state index in [2.05, 4.69) is 30.9 Å². The molecular formula is C21H30N6O4. The first-order valence-electron chi connectivity index (χ1n) is 10.5. The van der Waals surface area contributed by atoms with Crippen molar-refractivity contribution in [2.75, 3.05) is 29.0 Å². The second-order valence-corrected chi connectivity index (χ2v) is 7.06. The Morgan fingerprint density at radius 1 is 0.677 bits per heavy atom. The Labute approximate surface area is 181 Å². The lowest BCUT2D eigenvalue weighted by Gasteiger charge is -2.11. The van der Waals surface area contributed by atoms with E-state index >= 15 is 0 Å². The fraction of sp³-hybridized carbons (Fsp3) is 0.476. The summed E-state index contributed by atoms with van der Waals surface area (Å²) in [5, 5.41) is 26.9. The lowest BCUT2D eigenvalue weighted by atomic mass is 10.2. The fourth-order valence-electron chi connectivity index (χ4n) is 2.80. The minimum atomic E-state index is -0.777. The van der Waals surface area contributed by atoms with Crippen molar-refractivity contribution in [3.63, 3.8) is 0 Å². The molecule has 0 fully saturated rings. The lowest BCUT2D eigenvalue weighted by Crippen LogP contribution is -2.12. The molecule has 31 heavy (non-hydrogen) atoms. The third-order valence-electron chi connectivity index (χ3n) is 4.37. The van der Waals surface area contributed by atoms with Gasteiger partial charge in [0.05, 0.1) is 0 Å². The van der Waals surface area contributed by atoms with Crippen molar-refractivity contribution in [1.29, 1.82) is 0 Å². The van der Waals surface area contributed by atoms with E-state index in [0.29, 0.717) is 43.8 Å². The molecule has 0 amide bonds. The monoisotopic (exact) mass is 430 g/mol. The summed E-state index contributed by atoms with van der Waals surface area (Å²) in [6.45, 7) is 1.26. The highest BCUT2D eigenvalue weighted by Crippen LogP contribution is 2.16. The number of unbranched alkanes of at least 4 members (excludes halogenated alkanes) is 4. The molecule has 0 aliphatic rings. The van der Waals surface area contributed by atoms with Gasteiger partial charge in [-0.3, -0.25) is 9.59 Å². The maximum absolute atomic E-state index is 10.6. The molecule has 0 spiro atoms. The van der Waals surface area contributed by atoms with Crippen LogP contribution in [0.3, 0.4) is 0 Å². The molecule has 1 aromatic heterocycles. The predicted octanol–water partition coefficient (Wildman–Crippen LogP) is 3.73. The van der Waals surface area contributed by atoms with Crippen molar-refractivity contribution in [2.24, 2.45) is 0 Å². The van der Waals surface area contributed by atoms with Gasteiger partial charge >= 0.3 is 11.9 Å². The van der Waals surface area contributed by atoms with Crippen LogP contribution in [0, 0.1) is 0 Å². The van der Waals surface area contributed by atoms with Crippen LogP contribution >= 0.6 is 0 Å². The minimum Gasteiger partial charge on any atom is -0.481 e. The number of aliphatic carboxylic acids is 2. The number of carbonyl (C=O) groups is 2. The van der Waals surface area contributed by atoms with E-state index in [-0.39, 0.29) is 12.8 Å². The van der Waals surface area contributed by atoms with E-state index in [4.69, 9.17) is 10.2 Å². The number of anilines is 4. The van der Waals surface area contributed by atoms with E-state index in [1.54, 1.807) is 0 Å². The van der Waals surface area contributed by atoms with Crippen LogP contribution in [0.1, 0.15) is 51.4 Å². The number of carboxylic acids is 2. The number of hydrogen-bond acceptors (Lipinski definition) is 8. The number of aromatic nitrogens is 3. The van der Waals surface area contributed by atoms with Crippen LogP contribution in [0.4, 0.5) is 23.5 Å². The molecular weight excluding hydrogens is 400 g/mol. The molecule has 0 aliphatic carbocycles. The van der Waals surface area contributed by atoms with Crippen molar-refractivity contribution < 1.29 is 19.8 Å². The number of nitrogens with zero attached hydrogens (tertiary/aromatic N) is 3. The van der Waals surface area contributed by atoms with Gasteiger partial charge in [-0.25, -0.2) is 0 Å². The van der Waals surface area contributed by atoms with E-state index in [1.165, 1.54) is 0 Å². The van der Waals surface area contributed by atoms with Crippen LogP contribution < -0.4 is 16.0 Å². The summed E-state index contributed by atoms with van der Waals surface area (Å²) in [4.78, 5) is 34.4. The molecule has 0 saturated carbocycles. The summed E-state index contributed by atoms with van der Waals surface area (Å²) < 4.78 is 0. The molecule has 2 aromatic rings. The van der Waals surface area contributed by atoms with Gasteiger partial charge < -0.3 is 26.2 Å². The number of hydrogen-bond donors (Lipinski definition) is 5. The molecule has 0 bridgehead atoms. The van der Waals surface area contributed by atoms with Gasteiger partial charge in [-0.15, -0.1) is 0 Å². The molecule has 5 N–H and O–H groups in total. The Balaban J connectivity index is 1.90. The molecule has 1 heterocycles. The summed E-state index contributed by atoms with van der Waals surface area (Å²) in [7, 11) is 0. The molecule has 0 radical (unpaired) electrons. The molecule has 10 nitrogen and oxygen atoms in total. The normalized spacial score (nSPS) is 10.5. The summed E-state index contributed by atoms with van der Waals surface area (Å²) in [5.74, 6) is -0.287. The Morgan fingerprint density at radius 2 is 1.16 bits per heavy atom. The molecule has 0 atom stereocenters. The van der Waals surface area contributed by atoms with Crippen molar-refractivity contribution >= 4 is 35.5 Å². The van der Waals surface area contributed by atoms with Gasteiger partial charge in [0.25, 0.3) is 0 Å². The largest absolute Gasteiger partial charge is 0.481 e. The molecule has 1 aromatic carbocycles. The number of para-hydroxylation sites is 1. The van der Waals surface area contributed by atoms with Crippen LogP contribution in [-0.2, 0) is 9.59 Å². The van der Waals surface area contributed by atoms with Crippen molar-refractivity contribution in [2.45, 2.75) is 51.4 Å². The maximum atomic E-state index is 10.6. The number of benzene rings is 1. The minimum absolute atomic E-state index is 0.178. The van der Waals surface area contributed by atoms with Gasteiger partial charge in [0.15, 0.2) is 0 Å². The topological polar surface area (TPSA) is 149 Å².